The second-order valence-electron chi connectivity index (χ2n) is 3.73. The van der Waals surface area contributed by atoms with Gasteiger partial charge in [0.25, 0.3) is 0 Å². The zero-order chi connectivity index (χ0) is 12.4. The lowest BCUT2D eigenvalue weighted by Gasteiger charge is -2.01. The number of hydrogen-bond donors (Lipinski definition) is 2. The molecule has 5 heteroatoms. The van der Waals surface area contributed by atoms with Gasteiger partial charge in [-0.2, -0.15) is 0 Å². The van der Waals surface area contributed by atoms with Crippen molar-refractivity contribution in [1.29, 1.82) is 0 Å². The smallest absolute Gasteiger partial charge is 0.303 e. The minimum Gasteiger partial charge on any atom is -0.495 e. The number of aliphatic carboxylic acids is 1. The number of carboxylic acid groups (broad SMARTS) is 1. The van der Waals surface area contributed by atoms with Crippen LogP contribution in [0.3, 0.4) is 0 Å². The lowest BCUT2D eigenvalue weighted by atomic mass is 10.2. The first-order valence-corrected chi connectivity index (χ1v) is 5.55. The van der Waals surface area contributed by atoms with Crippen molar-refractivity contribution < 1.29 is 14.6 Å². The van der Waals surface area contributed by atoms with E-state index >= 15 is 0 Å². The maximum absolute atomic E-state index is 10.5. The number of hydrogen-bond acceptors (Lipinski definition) is 2. The number of aryl methyl sites for hydroxylation is 1. The van der Waals surface area contributed by atoms with Crippen molar-refractivity contribution in [2.75, 3.05) is 7.11 Å². The number of rotatable bonds is 4. The fourth-order valence-electron chi connectivity index (χ4n) is 1.76. The molecule has 0 amide bonds. The molecule has 0 bridgehead atoms. The zero-order valence-electron chi connectivity index (χ0n) is 9.29. The number of halogens is 1. The number of nitrogens with one attached hydrogen (secondary N) is 1. The average Bonchev–Trinajstić information content (AvgIpc) is 2.72. The van der Waals surface area contributed by atoms with Gasteiger partial charge in [-0.1, -0.05) is 11.6 Å². The number of methoxy groups -OCH3 is 1. The lowest BCUT2D eigenvalue weighted by Crippen LogP contribution is -1.97. The lowest BCUT2D eigenvalue weighted by molar-refractivity contribution is -0.136. The van der Waals surface area contributed by atoms with Crippen molar-refractivity contribution in [2.45, 2.75) is 12.8 Å². The summed E-state index contributed by atoms with van der Waals surface area (Å²) in [6.45, 7) is 0. The molecule has 2 N–H and O–H groups in total. The van der Waals surface area contributed by atoms with E-state index in [1.54, 1.807) is 19.2 Å². The monoisotopic (exact) mass is 253 g/mol. The summed E-state index contributed by atoms with van der Waals surface area (Å²) in [6, 6.07) is 5.41. The first kappa shape index (κ1) is 11.8. The van der Waals surface area contributed by atoms with Crippen LogP contribution in [0.1, 0.15) is 12.1 Å². The van der Waals surface area contributed by atoms with Gasteiger partial charge in [0.05, 0.1) is 24.1 Å². The minimum atomic E-state index is -0.818. The van der Waals surface area contributed by atoms with Gasteiger partial charge in [0.1, 0.15) is 5.75 Å². The number of aromatic amines is 1. The predicted molar refractivity (Wildman–Crippen MR) is 65.8 cm³/mol. The van der Waals surface area contributed by atoms with Crippen molar-refractivity contribution in [2.24, 2.45) is 0 Å². The molecule has 0 saturated heterocycles. The maximum atomic E-state index is 10.5. The SMILES string of the molecule is COc1ccc(Cl)c2cc(CCC(=O)O)[nH]c12. The van der Waals surface area contributed by atoms with E-state index in [4.69, 9.17) is 21.4 Å². The summed E-state index contributed by atoms with van der Waals surface area (Å²) in [5.41, 5.74) is 1.65. The molecule has 0 saturated carbocycles. The summed E-state index contributed by atoms with van der Waals surface area (Å²) in [5, 5.41) is 10.1. The van der Waals surface area contributed by atoms with Crippen LogP contribution in [0.15, 0.2) is 18.2 Å². The number of fused-ring (bicyclic) bond motifs is 1. The first-order valence-electron chi connectivity index (χ1n) is 5.17. The Morgan fingerprint density at radius 3 is 2.94 bits per heavy atom. The Labute approximate surface area is 103 Å². The molecule has 0 atom stereocenters. The van der Waals surface area contributed by atoms with E-state index in [0.29, 0.717) is 17.2 Å². The molecule has 2 rings (SSSR count). The van der Waals surface area contributed by atoms with Gasteiger partial charge in [-0.25, -0.2) is 0 Å². The summed E-state index contributed by atoms with van der Waals surface area (Å²) < 4.78 is 5.22. The highest BCUT2D eigenvalue weighted by Crippen LogP contribution is 2.31. The molecule has 17 heavy (non-hydrogen) atoms. The van der Waals surface area contributed by atoms with Gasteiger partial charge in [-0.05, 0) is 24.6 Å². The minimum absolute atomic E-state index is 0.0900. The Bertz CT molecular complexity index is 562. The van der Waals surface area contributed by atoms with Crippen LogP contribution >= 0.6 is 11.6 Å². The normalized spacial score (nSPS) is 10.7. The van der Waals surface area contributed by atoms with Crippen LogP contribution in [0, 0.1) is 0 Å². The van der Waals surface area contributed by atoms with Crippen LogP contribution in [0.25, 0.3) is 10.9 Å². The van der Waals surface area contributed by atoms with Crippen LogP contribution < -0.4 is 4.74 Å². The van der Waals surface area contributed by atoms with Crippen LogP contribution in [-0.4, -0.2) is 23.2 Å². The number of H-pyrrole nitrogens is 1. The van der Waals surface area contributed by atoms with Crippen molar-refractivity contribution in [3.8, 4) is 5.75 Å². The second-order valence-corrected chi connectivity index (χ2v) is 4.13. The van der Waals surface area contributed by atoms with Crippen molar-refractivity contribution in [1.82, 2.24) is 4.98 Å². The third kappa shape index (κ3) is 2.36. The summed E-state index contributed by atoms with van der Waals surface area (Å²) in [6.07, 6.45) is 0.538. The van der Waals surface area contributed by atoms with E-state index in [9.17, 15) is 4.79 Å². The van der Waals surface area contributed by atoms with Crippen LogP contribution in [0.5, 0.6) is 5.75 Å². The third-order valence-corrected chi connectivity index (χ3v) is 2.92. The van der Waals surface area contributed by atoms with Gasteiger partial charge in [0.2, 0.25) is 0 Å². The molecule has 1 aromatic heterocycles. The summed E-state index contributed by atoms with van der Waals surface area (Å²) in [4.78, 5) is 13.7. The number of benzene rings is 1. The molecular formula is C12H12ClNO3. The van der Waals surface area contributed by atoms with Crippen molar-refractivity contribution >= 4 is 28.5 Å². The van der Waals surface area contributed by atoms with Gasteiger partial charge in [-0.3, -0.25) is 4.79 Å². The summed E-state index contributed by atoms with van der Waals surface area (Å²) in [5.74, 6) is -0.118. The highest BCUT2D eigenvalue weighted by atomic mass is 35.5. The third-order valence-electron chi connectivity index (χ3n) is 2.59. The summed E-state index contributed by atoms with van der Waals surface area (Å²) in [7, 11) is 1.58. The largest absolute Gasteiger partial charge is 0.495 e. The van der Waals surface area contributed by atoms with Gasteiger partial charge in [0, 0.05) is 11.1 Å². The Balaban J connectivity index is 2.41. The quantitative estimate of drug-likeness (QED) is 0.881. The van der Waals surface area contributed by atoms with Gasteiger partial charge >= 0.3 is 5.97 Å². The molecule has 2 aromatic rings. The standard InChI is InChI=1S/C12H12ClNO3/c1-17-10-4-3-9(13)8-6-7(14-12(8)10)2-5-11(15)16/h3-4,6,14H,2,5H2,1H3,(H,15,16). The fraction of sp³-hybridized carbons (Fsp3) is 0.250. The van der Waals surface area contributed by atoms with E-state index in [2.05, 4.69) is 4.98 Å². The highest BCUT2D eigenvalue weighted by Gasteiger charge is 2.10. The molecule has 90 valence electrons. The Kier molecular flexibility index (Phi) is 3.24. The van der Waals surface area contributed by atoms with Gasteiger partial charge < -0.3 is 14.8 Å². The van der Waals surface area contributed by atoms with E-state index in [1.165, 1.54) is 0 Å². The topological polar surface area (TPSA) is 62.3 Å². The maximum Gasteiger partial charge on any atom is 0.303 e. The molecule has 0 radical (unpaired) electrons. The Hall–Kier alpha value is -1.68. The number of aromatic nitrogens is 1. The van der Waals surface area contributed by atoms with Gasteiger partial charge in [-0.15, -0.1) is 0 Å². The number of carbonyl (C=O) groups is 1. The van der Waals surface area contributed by atoms with Crippen LogP contribution in [0.4, 0.5) is 0 Å². The first-order chi connectivity index (χ1) is 8.11. The van der Waals surface area contributed by atoms with Crippen LogP contribution in [0.2, 0.25) is 5.02 Å². The molecule has 0 aliphatic carbocycles. The van der Waals surface area contributed by atoms with E-state index in [-0.39, 0.29) is 6.42 Å². The molecule has 0 fully saturated rings. The summed E-state index contributed by atoms with van der Waals surface area (Å²) >= 11 is 6.07. The average molecular weight is 254 g/mol. The molecule has 0 aliphatic heterocycles. The molecule has 1 heterocycles. The van der Waals surface area contributed by atoms with E-state index < -0.39 is 5.97 Å². The second kappa shape index (κ2) is 4.67. The molecule has 0 unspecified atom stereocenters. The number of carboxylic acids is 1. The molecule has 0 spiro atoms. The van der Waals surface area contributed by atoms with Crippen molar-refractivity contribution in [3.05, 3.63) is 28.9 Å². The van der Waals surface area contributed by atoms with Crippen molar-refractivity contribution in [3.63, 3.8) is 0 Å². The zero-order valence-corrected chi connectivity index (χ0v) is 10.0. The van der Waals surface area contributed by atoms with Gasteiger partial charge in [0.15, 0.2) is 0 Å². The Morgan fingerprint density at radius 2 is 2.29 bits per heavy atom. The molecule has 4 nitrogen and oxygen atoms in total. The number of ether oxygens (including phenoxy) is 1. The van der Waals surface area contributed by atoms with E-state index in [0.717, 1.165) is 16.6 Å². The van der Waals surface area contributed by atoms with E-state index in [1.807, 2.05) is 6.07 Å². The molecular weight excluding hydrogens is 242 g/mol. The predicted octanol–water partition coefficient (Wildman–Crippen LogP) is 2.85. The highest BCUT2D eigenvalue weighted by molar-refractivity contribution is 6.35. The molecule has 1 aromatic carbocycles. The fourth-order valence-corrected chi connectivity index (χ4v) is 1.97. The Morgan fingerprint density at radius 1 is 1.53 bits per heavy atom. The molecule has 0 aliphatic rings. The van der Waals surface area contributed by atoms with Crippen LogP contribution in [-0.2, 0) is 11.2 Å².